The summed E-state index contributed by atoms with van der Waals surface area (Å²) in [6.07, 6.45) is 0.787. The number of aromatic nitrogens is 2. The second-order valence-electron chi connectivity index (χ2n) is 7.45. The van der Waals surface area contributed by atoms with Gasteiger partial charge in [0.25, 0.3) is 17.4 Å². The summed E-state index contributed by atoms with van der Waals surface area (Å²) in [5.41, 5.74) is 2.23. The number of halogens is 2. The van der Waals surface area contributed by atoms with E-state index in [2.05, 4.69) is 9.97 Å². The van der Waals surface area contributed by atoms with Crippen molar-refractivity contribution < 1.29 is 13.6 Å². The highest BCUT2D eigenvalue weighted by molar-refractivity contribution is 7.21. The zero-order valence-electron chi connectivity index (χ0n) is 15.8. The second kappa shape index (κ2) is 6.98. The first-order valence-electron chi connectivity index (χ1n) is 9.59. The normalized spacial score (nSPS) is 16.3. The van der Waals surface area contributed by atoms with E-state index in [0.29, 0.717) is 15.8 Å². The molecule has 1 aliphatic heterocycles. The number of hydrogen-bond acceptors (Lipinski definition) is 4. The van der Waals surface area contributed by atoms with Crippen LogP contribution in [-0.4, -0.2) is 39.8 Å². The summed E-state index contributed by atoms with van der Waals surface area (Å²) >= 11 is 1.36. The maximum absolute atomic E-state index is 13.4. The lowest BCUT2D eigenvalue weighted by atomic mass is 10.0. The number of amides is 1. The number of hydrogen-bond donors (Lipinski definition) is 1. The van der Waals surface area contributed by atoms with E-state index in [4.69, 9.17) is 0 Å². The van der Waals surface area contributed by atoms with E-state index in [1.807, 2.05) is 36.4 Å². The summed E-state index contributed by atoms with van der Waals surface area (Å²) < 4.78 is 27.8. The summed E-state index contributed by atoms with van der Waals surface area (Å²) in [6, 6.07) is 13.1. The minimum Gasteiger partial charge on any atom is -0.338 e. The van der Waals surface area contributed by atoms with E-state index < -0.39 is 5.92 Å². The van der Waals surface area contributed by atoms with E-state index >= 15 is 0 Å². The number of thiophene rings is 1. The Labute approximate surface area is 174 Å². The quantitative estimate of drug-likeness (QED) is 0.507. The smallest absolute Gasteiger partial charge is 0.263 e. The van der Waals surface area contributed by atoms with Gasteiger partial charge in [-0.25, -0.2) is 13.8 Å². The molecule has 30 heavy (non-hydrogen) atoms. The van der Waals surface area contributed by atoms with Gasteiger partial charge in [0.2, 0.25) is 0 Å². The largest absolute Gasteiger partial charge is 0.338 e. The Balaban J connectivity index is 1.53. The number of fused-ring (bicyclic) bond motifs is 2. The lowest BCUT2D eigenvalue weighted by molar-refractivity contribution is -0.0493. The molecule has 0 saturated carbocycles. The number of nitrogens with one attached hydrogen (secondary N) is 1. The van der Waals surface area contributed by atoms with Gasteiger partial charge in [-0.15, -0.1) is 11.3 Å². The van der Waals surface area contributed by atoms with Crippen molar-refractivity contribution in [2.45, 2.75) is 18.8 Å². The van der Waals surface area contributed by atoms with Crippen molar-refractivity contribution in [2.75, 3.05) is 13.1 Å². The van der Waals surface area contributed by atoms with Crippen LogP contribution in [0.1, 0.15) is 22.5 Å². The van der Waals surface area contributed by atoms with Crippen LogP contribution in [0, 0.1) is 0 Å². The Bertz CT molecular complexity index is 1340. The highest BCUT2D eigenvalue weighted by Gasteiger charge is 2.36. The third-order valence-corrected chi connectivity index (χ3v) is 6.66. The number of aromatic amines is 1. The van der Waals surface area contributed by atoms with Crippen LogP contribution in [-0.2, 0) is 0 Å². The lowest BCUT2D eigenvalue weighted by Crippen LogP contribution is -2.42. The summed E-state index contributed by atoms with van der Waals surface area (Å²) in [7, 11) is 0. The molecular weight excluding hydrogens is 408 g/mol. The number of piperidine rings is 1. The monoisotopic (exact) mass is 425 g/mol. The molecule has 0 spiro atoms. The maximum Gasteiger partial charge on any atom is 0.263 e. The summed E-state index contributed by atoms with van der Waals surface area (Å²) in [6.45, 7) is 0.135. The van der Waals surface area contributed by atoms with E-state index in [9.17, 15) is 18.4 Å². The van der Waals surface area contributed by atoms with Gasteiger partial charge in [0, 0.05) is 30.6 Å². The number of likely N-dealkylation sites (tertiary alicyclic amines) is 1. The first-order chi connectivity index (χ1) is 14.4. The van der Waals surface area contributed by atoms with Crippen molar-refractivity contribution in [3.63, 3.8) is 0 Å². The van der Waals surface area contributed by atoms with Gasteiger partial charge in [0.05, 0.1) is 22.1 Å². The van der Waals surface area contributed by atoms with Gasteiger partial charge in [-0.05, 0) is 34.7 Å². The minimum absolute atomic E-state index is 0.0673. The summed E-state index contributed by atoms with van der Waals surface area (Å²) in [5.74, 6) is -2.89. The molecule has 0 atom stereocenters. The highest BCUT2D eigenvalue weighted by atomic mass is 32.1. The Morgan fingerprint density at radius 1 is 1.13 bits per heavy atom. The van der Waals surface area contributed by atoms with Gasteiger partial charge in [-0.3, -0.25) is 9.59 Å². The minimum atomic E-state index is -2.68. The maximum atomic E-state index is 13.4. The van der Waals surface area contributed by atoms with Crippen LogP contribution in [0.2, 0.25) is 0 Å². The molecule has 2 aromatic heterocycles. The molecule has 1 amide bonds. The molecule has 2 aromatic carbocycles. The predicted molar refractivity (Wildman–Crippen MR) is 113 cm³/mol. The summed E-state index contributed by atoms with van der Waals surface area (Å²) in [5, 5.41) is 1.43. The number of carbonyl (C=O) groups is 1. The van der Waals surface area contributed by atoms with Crippen molar-refractivity contribution >= 4 is 38.2 Å². The lowest BCUT2D eigenvalue weighted by Gasteiger charge is -2.31. The van der Waals surface area contributed by atoms with Crippen LogP contribution in [0.5, 0.6) is 0 Å². The van der Waals surface area contributed by atoms with Crippen LogP contribution < -0.4 is 5.56 Å². The fourth-order valence-corrected chi connectivity index (χ4v) is 4.99. The second-order valence-corrected chi connectivity index (χ2v) is 8.50. The van der Waals surface area contributed by atoms with E-state index in [1.165, 1.54) is 22.6 Å². The van der Waals surface area contributed by atoms with E-state index in [0.717, 1.165) is 21.2 Å². The van der Waals surface area contributed by atoms with Gasteiger partial charge < -0.3 is 9.88 Å². The molecular formula is C22H17F2N3O2S. The zero-order valence-corrected chi connectivity index (χ0v) is 16.6. The molecule has 5 nitrogen and oxygen atoms in total. The van der Waals surface area contributed by atoms with Crippen molar-refractivity contribution in [3.05, 3.63) is 64.0 Å². The van der Waals surface area contributed by atoms with Crippen molar-refractivity contribution in [1.82, 2.24) is 14.9 Å². The van der Waals surface area contributed by atoms with Crippen LogP contribution >= 0.6 is 11.3 Å². The topological polar surface area (TPSA) is 66.1 Å². The van der Waals surface area contributed by atoms with Crippen molar-refractivity contribution in [1.29, 1.82) is 0 Å². The fraction of sp³-hybridized carbons (Fsp3) is 0.227. The molecule has 3 heterocycles. The molecule has 152 valence electrons. The number of benzene rings is 2. The molecule has 0 aliphatic carbocycles. The first kappa shape index (κ1) is 18.9. The van der Waals surface area contributed by atoms with Gasteiger partial charge in [-0.1, -0.05) is 24.3 Å². The molecule has 1 fully saturated rings. The van der Waals surface area contributed by atoms with Crippen LogP contribution in [0.4, 0.5) is 8.78 Å². The molecule has 1 N–H and O–H groups in total. The van der Waals surface area contributed by atoms with Gasteiger partial charge in [-0.2, -0.15) is 0 Å². The predicted octanol–water partition coefficient (Wildman–Crippen LogP) is 4.68. The number of rotatable bonds is 2. The van der Waals surface area contributed by atoms with Crippen molar-refractivity contribution in [2.24, 2.45) is 0 Å². The average Bonchev–Trinajstić information content (AvgIpc) is 3.17. The molecule has 5 rings (SSSR count). The third-order valence-electron chi connectivity index (χ3n) is 5.49. The fourth-order valence-electron chi connectivity index (χ4n) is 3.82. The molecule has 4 aromatic rings. The Morgan fingerprint density at radius 2 is 1.93 bits per heavy atom. The highest BCUT2D eigenvalue weighted by Crippen LogP contribution is 2.37. The summed E-state index contributed by atoms with van der Waals surface area (Å²) in [4.78, 5) is 33.7. The van der Waals surface area contributed by atoms with Crippen LogP contribution in [0.25, 0.3) is 32.1 Å². The zero-order chi connectivity index (χ0) is 20.9. The Morgan fingerprint density at radius 3 is 2.73 bits per heavy atom. The first-order valence-corrected chi connectivity index (χ1v) is 10.4. The Hall–Kier alpha value is -3.13. The molecule has 8 heteroatoms. The molecule has 0 unspecified atom stereocenters. The van der Waals surface area contributed by atoms with Crippen molar-refractivity contribution in [3.8, 4) is 11.1 Å². The number of carbonyl (C=O) groups excluding carboxylic acids is 1. The number of nitrogens with zero attached hydrogens (tertiary/aromatic N) is 2. The number of alkyl halides is 2. The molecule has 0 bridgehead atoms. The van der Waals surface area contributed by atoms with Crippen LogP contribution in [0.15, 0.2) is 53.6 Å². The third kappa shape index (κ3) is 3.27. The average molecular weight is 425 g/mol. The van der Waals surface area contributed by atoms with Gasteiger partial charge in [0.1, 0.15) is 0 Å². The number of H-pyrrole nitrogens is 1. The Kier molecular flexibility index (Phi) is 4.39. The molecule has 1 saturated heterocycles. The van der Waals surface area contributed by atoms with Gasteiger partial charge in [0.15, 0.2) is 0 Å². The molecule has 0 radical (unpaired) electrons. The van der Waals surface area contributed by atoms with E-state index in [1.54, 1.807) is 6.07 Å². The van der Waals surface area contributed by atoms with Crippen LogP contribution in [0.3, 0.4) is 0 Å². The van der Waals surface area contributed by atoms with Gasteiger partial charge >= 0.3 is 0 Å². The SMILES string of the molecule is O=C(c1cc2cccc(-c3ccc4c(=O)[nH]cnc4c3)c2s1)N1CCC(F)(F)CC1. The standard InChI is InChI=1S/C22H17F2N3O2S/c23-22(24)6-8-27(9-7-22)21(29)18-11-14-2-1-3-15(19(14)30-18)13-4-5-16-17(10-13)25-12-26-20(16)28/h1-5,10-12H,6-9H2,(H,25,26,28). The molecule has 1 aliphatic rings. The van der Waals surface area contributed by atoms with E-state index in [-0.39, 0.29) is 37.4 Å².